The fourth-order valence-corrected chi connectivity index (χ4v) is 7.75. The third kappa shape index (κ3) is 4.52. The predicted octanol–water partition coefficient (Wildman–Crippen LogP) is 3.93. The molecule has 13 heteroatoms. The molecule has 0 aromatic carbocycles. The van der Waals surface area contributed by atoms with Crippen LogP contribution in [0.2, 0.25) is 0 Å². The maximum Gasteiger partial charge on any atom is 0.410 e. The summed E-state index contributed by atoms with van der Waals surface area (Å²) in [5.74, 6) is 0.425. The zero-order valence-corrected chi connectivity index (χ0v) is 24.5. The molecule has 7 rings (SSSR count). The molecule has 1 amide bonds. The number of anilines is 1. The lowest BCUT2D eigenvalue weighted by Crippen LogP contribution is -2.57. The molecule has 4 atom stereocenters. The van der Waals surface area contributed by atoms with Crippen molar-refractivity contribution in [2.75, 3.05) is 50.8 Å². The van der Waals surface area contributed by atoms with E-state index in [1.807, 2.05) is 25.7 Å². The van der Waals surface area contributed by atoms with Crippen LogP contribution in [0.25, 0.3) is 5.83 Å². The minimum absolute atomic E-state index is 0.0378. The Morgan fingerprint density at radius 2 is 1.90 bits per heavy atom. The lowest BCUT2D eigenvalue weighted by atomic mass is 9.95. The molecule has 7 heterocycles. The third-order valence-electron chi connectivity index (χ3n) is 9.18. The van der Waals surface area contributed by atoms with Gasteiger partial charge in [0.25, 0.3) is 0 Å². The molecule has 0 radical (unpaired) electrons. The van der Waals surface area contributed by atoms with E-state index in [1.54, 1.807) is 4.90 Å². The molecule has 6 aliphatic heterocycles. The molecular weight excluding hydrogens is 556 g/mol. The van der Waals surface area contributed by atoms with E-state index in [-0.39, 0.29) is 41.6 Å². The summed E-state index contributed by atoms with van der Waals surface area (Å²) in [6.45, 7) is 9.04. The summed E-state index contributed by atoms with van der Waals surface area (Å²) in [5, 5.41) is -0.0456. The van der Waals surface area contributed by atoms with Crippen molar-refractivity contribution >= 4 is 35.2 Å². The molecule has 4 fully saturated rings. The summed E-state index contributed by atoms with van der Waals surface area (Å²) in [4.78, 5) is 34.8. The van der Waals surface area contributed by atoms with Gasteiger partial charge in [-0.2, -0.15) is 9.97 Å². The standard InChI is InChI=1S/C28H36ClF2N7O3/c1-27(2,3)41-26(39)38-17-5-6-18(38)14-35(13-17)24-19-21(20(31)22(29)37-10-8-32-23(19)37)33-25(34-24)40-15-28-7-4-9-36(28)12-16(30)11-28/h16-18H,4-15H2,1-3H3/t16-,17-,18+,28+/m1/s1. The van der Waals surface area contributed by atoms with Crippen LogP contribution < -0.4 is 9.64 Å². The summed E-state index contributed by atoms with van der Waals surface area (Å²) in [6.07, 6.45) is 2.72. The number of aliphatic imine (C=N–C) groups is 1. The number of nitrogens with zero attached hydrogens (tertiary/aromatic N) is 7. The van der Waals surface area contributed by atoms with Gasteiger partial charge in [-0.1, -0.05) is 11.6 Å². The number of piperazine rings is 1. The van der Waals surface area contributed by atoms with Gasteiger partial charge in [-0.25, -0.2) is 13.6 Å². The van der Waals surface area contributed by atoms with Gasteiger partial charge in [0.1, 0.15) is 40.9 Å². The van der Waals surface area contributed by atoms with Crippen LogP contribution in [0.4, 0.5) is 19.4 Å². The normalized spacial score (nSPS) is 30.9. The molecule has 6 aliphatic rings. The molecule has 2 bridgehead atoms. The maximum atomic E-state index is 15.8. The zero-order chi connectivity index (χ0) is 28.7. The number of amidine groups is 1. The van der Waals surface area contributed by atoms with Gasteiger partial charge in [0.15, 0.2) is 5.83 Å². The van der Waals surface area contributed by atoms with Gasteiger partial charge >= 0.3 is 12.1 Å². The second kappa shape index (κ2) is 9.65. The van der Waals surface area contributed by atoms with E-state index >= 15 is 4.39 Å². The van der Waals surface area contributed by atoms with Crippen molar-refractivity contribution in [3.63, 3.8) is 0 Å². The quantitative estimate of drug-likeness (QED) is 0.487. The van der Waals surface area contributed by atoms with Gasteiger partial charge in [0, 0.05) is 32.6 Å². The monoisotopic (exact) mass is 591 g/mol. The van der Waals surface area contributed by atoms with E-state index in [0.717, 1.165) is 32.2 Å². The van der Waals surface area contributed by atoms with Crippen LogP contribution in [0.5, 0.6) is 6.01 Å². The summed E-state index contributed by atoms with van der Waals surface area (Å²) < 4.78 is 42.1. The average Bonchev–Trinajstić information content (AvgIpc) is 3.66. The Kier molecular flexibility index (Phi) is 6.39. The zero-order valence-electron chi connectivity index (χ0n) is 23.7. The molecule has 4 saturated heterocycles. The third-order valence-corrected chi connectivity index (χ3v) is 9.55. The second-order valence-corrected chi connectivity index (χ2v) is 13.4. The Morgan fingerprint density at radius 1 is 1.15 bits per heavy atom. The molecule has 1 aromatic heterocycles. The van der Waals surface area contributed by atoms with Crippen molar-refractivity contribution in [3.8, 4) is 6.01 Å². The number of halogens is 3. The van der Waals surface area contributed by atoms with E-state index in [2.05, 4.69) is 19.8 Å². The van der Waals surface area contributed by atoms with E-state index in [4.69, 9.17) is 26.1 Å². The van der Waals surface area contributed by atoms with E-state index < -0.39 is 23.1 Å². The largest absolute Gasteiger partial charge is 0.461 e. The lowest BCUT2D eigenvalue weighted by Gasteiger charge is -2.42. The van der Waals surface area contributed by atoms with E-state index in [1.165, 1.54) is 0 Å². The fourth-order valence-electron chi connectivity index (χ4n) is 7.49. The number of carbonyl (C=O) groups excluding carboxylic acids is 1. The molecular formula is C28H36ClF2N7O3. The number of ether oxygens (including phenoxy) is 2. The van der Waals surface area contributed by atoms with Gasteiger partial charge in [0.05, 0.1) is 29.7 Å². The first-order valence-corrected chi connectivity index (χ1v) is 15.0. The number of alkyl halides is 1. The van der Waals surface area contributed by atoms with Crippen LogP contribution in [0.15, 0.2) is 10.1 Å². The Balaban J connectivity index is 1.23. The van der Waals surface area contributed by atoms with Crippen molar-refractivity contribution in [2.24, 2.45) is 4.99 Å². The predicted molar refractivity (Wildman–Crippen MR) is 150 cm³/mol. The number of hydrogen-bond acceptors (Lipinski definition) is 9. The molecule has 0 N–H and O–H groups in total. The van der Waals surface area contributed by atoms with Crippen molar-refractivity contribution in [3.05, 3.63) is 16.4 Å². The summed E-state index contributed by atoms with van der Waals surface area (Å²) >= 11 is 6.45. The number of amides is 1. The Labute approximate surface area is 243 Å². The van der Waals surface area contributed by atoms with Crippen molar-refractivity contribution in [1.82, 2.24) is 24.7 Å². The van der Waals surface area contributed by atoms with Gasteiger partial charge in [-0.3, -0.25) is 14.8 Å². The highest BCUT2D eigenvalue weighted by molar-refractivity contribution is 6.35. The summed E-state index contributed by atoms with van der Waals surface area (Å²) in [6, 6.07) is -0.103. The first kappa shape index (κ1) is 27.1. The van der Waals surface area contributed by atoms with E-state index in [0.29, 0.717) is 56.4 Å². The Morgan fingerprint density at radius 3 is 2.63 bits per heavy atom. The number of carbonyl (C=O) groups is 1. The van der Waals surface area contributed by atoms with Gasteiger partial charge in [0.2, 0.25) is 0 Å². The Hall–Kier alpha value is -2.73. The highest BCUT2D eigenvalue weighted by atomic mass is 35.5. The van der Waals surface area contributed by atoms with Crippen molar-refractivity contribution in [2.45, 2.75) is 82.3 Å². The molecule has 0 saturated carbocycles. The van der Waals surface area contributed by atoms with Crippen LogP contribution in [-0.2, 0) is 4.74 Å². The van der Waals surface area contributed by atoms with Crippen molar-refractivity contribution < 1.29 is 23.0 Å². The van der Waals surface area contributed by atoms with Crippen LogP contribution in [0.3, 0.4) is 0 Å². The van der Waals surface area contributed by atoms with Crippen LogP contribution in [0, 0.1) is 0 Å². The first-order chi connectivity index (χ1) is 19.5. The van der Waals surface area contributed by atoms with Crippen LogP contribution >= 0.6 is 11.6 Å². The molecule has 41 heavy (non-hydrogen) atoms. The van der Waals surface area contributed by atoms with Gasteiger partial charge in [-0.05, 0) is 53.0 Å². The number of rotatable bonds is 4. The SMILES string of the molecule is CC(C)(C)OC(=O)N1[C@@H]2CC[C@H]1CN(c1nc(OC[C@@]34CCCN3C[C@H](F)C4)nc3c1C1=NCCN1C(Cl)=C3F)C2. The molecule has 10 nitrogen and oxygen atoms in total. The minimum atomic E-state index is -0.888. The fraction of sp³-hybridized carbons (Fsp3) is 0.714. The maximum absolute atomic E-state index is 15.8. The van der Waals surface area contributed by atoms with Gasteiger partial charge in [-0.15, -0.1) is 0 Å². The van der Waals surface area contributed by atoms with Gasteiger partial charge < -0.3 is 19.3 Å². The van der Waals surface area contributed by atoms with Crippen LogP contribution in [-0.4, -0.2) is 112 Å². The van der Waals surface area contributed by atoms with E-state index in [9.17, 15) is 9.18 Å². The van der Waals surface area contributed by atoms with Crippen molar-refractivity contribution in [1.29, 1.82) is 0 Å². The minimum Gasteiger partial charge on any atom is -0.461 e. The Bertz CT molecular complexity index is 1320. The highest BCUT2D eigenvalue weighted by Crippen LogP contribution is 2.43. The molecule has 0 aliphatic carbocycles. The smallest absolute Gasteiger partial charge is 0.410 e. The molecule has 0 unspecified atom stereocenters. The number of fused-ring (bicyclic) bond motifs is 6. The second-order valence-electron chi connectivity index (χ2n) is 13.1. The first-order valence-electron chi connectivity index (χ1n) is 14.6. The highest BCUT2D eigenvalue weighted by Gasteiger charge is 2.50. The topological polar surface area (TPSA) is 86.6 Å². The molecule has 1 aromatic rings. The number of aromatic nitrogens is 2. The number of hydrogen-bond donors (Lipinski definition) is 0. The summed E-state index contributed by atoms with van der Waals surface area (Å²) in [5.41, 5.74) is -0.430. The molecule has 222 valence electrons. The van der Waals surface area contributed by atoms with Crippen LogP contribution in [0.1, 0.15) is 64.1 Å². The summed E-state index contributed by atoms with van der Waals surface area (Å²) in [7, 11) is 0. The molecule has 0 spiro atoms. The average molecular weight is 592 g/mol. The lowest BCUT2D eigenvalue weighted by molar-refractivity contribution is 0.0122.